The average molecular weight is 331 g/mol. The third kappa shape index (κ3) is 5.42. The van der Waals surface area contributed by atoms with Crippen molar-refractivity contribution in [2.24, 2.45) is 5.92 Å². The van der Waals surface area contributed by atoms with Crippen molar-refractivity contribution in [3.8, 4) is 0 Å². The Morgan fingerprint density at radius 2 is 1.65 bits per heavy atom. The Morgan fingerprint density at radius 1 is 1.00 bits per heavy atom. The van der Waals surface area contributed by atoms with Crippen LogP contribution in [0.15, 0.2) is 48.5 Å². The summed E-state index contributed by atoms with van der Waals surface area (Å²) in [5.41, 5.74) is 1.74. The molecule has 2 rings (SSSR count). The number of hydrogen-bond donors (Lipinski definition) is 2. The van der Waals surface area contributed by atoms with Gasteiger partial charge in [0.05, 0.1) is 0 Å². The number of carbonyl (C=O) groups is 2. The van der Waals surface area contributed by atoms with E-state index < -0.39 is 0 Å². The van der Waals surface area contributed by atoms with Crippen molar-refractivity contribution in [1.82, 2.24) is 0 Å². The minimum absolute atomic E-state index is 0.0432. The van der Waals surface area contributed by atoms with E-state index in [1.165, 1.54) is 0 Å². The van der Waals surface area contributed by atoms with Gasteiger partial charge in [0.1, 0.15) is 0 Å². The Morgan fingerprint density at radius 3 is 2.30 bits per heavy atom. The SMILES string of the molecule is CC(C)CC(=O)Nc1cccc(NC(=O)c2cccc(Cl)c2)c1. The molecule has 0 bridgehead atoms. The normalized spacial score (nSPS) is 10.4. The van der Waals surface area contributed by atoms with Gasteiger partial charge in [0.25, 0.3) is 5.91 Å². The van der Waals surface area contributed by atoms with Crippen LogP contribution in [-0.2, 0) is 4.79 Å². The summed E-state index contributed by atoms with van der Waals surface area (Å²) < 4.78 is 0. The van der Waals surface area contributed by atoms with Gasteiger partial charge in [-0.2, -0.15) is 0 Å². The Bertz CT molecular complexity index is 714. The number of anilines is 2. The summed E-state index contributed by atoms with van der Waals surface area (Å²) in [6, 6.07) is 13.8. The van der Waals surface area contributed by atoms with Crippen LogP contribution in [0.5, 0.6) is 0 Å². The Kier molecular flexibility index (Phi) is 5.77. The highest BCUT2D eigenvalue weighted by Crippen LogP contribution is 2.18. The van der Waals surface area contributed by atoms with E-state index >= 15 is 0 Å². The Balaban J connectivity index is 2.05. The van der Waals surface area contributed by atoms with Gasteiger partial charge in [0.15, 0.2) is 0 Å². The van der Waals surface area contributed by atoms with E-state index in [1.54, 1.807) is 48.5 Å². The van der Waals surface area contributed by atoms with Crippen LogP contribution in [0, 0.1) is 5.92 Å². The molecule has 120 valence electrons. The number of carbonyl (C=O) groups excluding carboxylic acids is 2. The molecule has 0 unspecified atom stereocenters. The fourth-order valence-electron chi connectivity index (χ4n) is 2.09. The van der Waals surface area contributed by atoms with Crippen molar-refractivity contribution >= 4 is 34.8 Å². The Labute approximate surface area is 140 Å². The number of rotatable bonds is 5. The molecule has 4 nitrogen and oxygen atoms in total. The monoisotopic (exact) mass is 330 g/mol. The molecule has 0 aromatic heterocycles. The smallest absolute Gasteiger partial charge is 0.255 e. The molecule has 0 aliphatic heterocycles. The van der Waals surface area contributed by atoms with E-state index in [-0.39, 0.29) is 11.8 Å². The molecule has 0 radical (unpaired) electrons. The van der Waals surface area contributed by atoms with E-state index in [0.29, 0.717) is 34.3 Å². The summed E-state index contributed by atoms with van der Waals surface area (Å²) in [4.78, 5) is 24.0. The molecule has 2 aromatic rings. The van der Waals surface area contributed by atoms with Crippen LogP contribution in [0.3, 0.4) is 0 Å². The third-order valence-electron chi connectivity index (χ3n) is 3.08. The van der Waals surface area contributed by atoms with E-state index in [4.69, 9.17) is 11.6 Å². The molecule has 5 heteroatoms. The Hall–Kier alpha value is -2.33. The zero-order valence-corrected chi connectivity index (χ0v) is 13.9. The zero-order valence-electron chi connectivity index (χ0n) is 13.1. The van der Waals surface area contributed by atoms with Gasteiger partial charge in [0.2, 0.25) is 5.91 Å². The molecule has 0 aliphatic carbocycles. The van der Waals surface area contributed by atoms with Gasteiger partial charge in [-0.1, -0.05) is 37.6 Å². The summed E-state index contributed by atoms with van der Waals surface area (Å²) in [6.07, 6.45) is 0.457. The van der Waals surface area contributed by atoms with Crippen LogP contribution in [0.25, 0.3) is 0 Å². The quantitative estimate of drug-likeness (QED) is 0.843. The third-order valence-corrected chi connectivity index (χ3v) is 3.32. The molecule has 2 aromatic carbocycles. The number of benzene rings is 2. The predicted molar refractivity (Wildman–Crippen MR) is 93.9 cm³/mol. The molecule has 0 atom stereocenters. The van der Waals surface area contributed by atoms with Crippen LogP contribution < -0.4 is 10.6 Å². The van der Waals surface area contributed by atoms with Gasteiger partial charge < -0.3 is 10.6 Å². The maximum Gasteiger partial charge on any atom is 0.255 e. The molecule has 0 heterocycles. The molecule has 23 heavy (non-hydrogen) atoms. The first-order valence-electron chi connectivity index (χ1n) is 7.41. The van der Waals surface area contributed by atoms with E-state index in [0.717, 1.165) is 0 Å². The van der Waals surface area contributed by atoms with Crippen LogP contribution in [0.1, 0.15) is 30.6 Å². The van der Waals surface area contributed by atoms with Crippen molar-refractivity contribution in [1.29, 1.82) is 0 Å². The number of hydrogen-bond acceptors (Lipinski definition) is 2. The maximum atomic E-state index is 12.2. The van der Waals surface area contributed by atoms with E-state index in [9.17, 15) is 9.59 Å². The fraction of sp³-hybridized carbons (Fsp3) is 0.222. The lowest BCUT2D eigenvalue weighted by atomic mass is 10.1. The van der Waals surface area contributed by atoms with Gasteiger partial charge in [-0.3, -0.25) is 9.59 Å². The second kappa shape index (κ2) is 7.79. The lowest BCUT2D eigenvalue weighted by Gasteiger charge is -2.10. The van der Waals surface area contributed by atoms with Gasteiger partial charge in [-0.15, -0.1) is 0 Å². The summed E-state index contributed by atoms with van der Waals surface area (Å²) in [5, 5.41) is 6.12. The lowest BCUT2D eigenvalue weighted by Crippen LogP contribution is -2.15. The van der Waals surface area contributed by atoms with Crippen molar-refractivity contribution in [2.75, 3.05) is 10.6 Å². The summed E-state index contributed by atoms with van der Waals surface area (Å²) in [7, 11) is 0. The summed E-state index contributed by atoms with van der Waals surface area (Å²) >= 11 is 5.89. The molecule has 0 spiro atoms. The van der Waals surface area contributed by atoms with Crippen molar-refractivity contribution < 1.29 is 9.59 Å². The molecule has 0 saturated carbocycles. The summed E-state index contributed by atoms with van der Waals surface area (Å²) in [6.45, 7) is 3.97. The van der Waals surface area contributed by atoms with Gasteiger partial charge >= 0.3 is 0 Å². The largest absolute Gasteiger partial charge is 0.326 e. The first kappa shape index (κ1) is 17.0. The number of nitrogens with one attached hydrogen (secondary N) is 2. The van der Waals surface area contributed by atoms with Crippen molar-refractivity contribution in [3.05, 3.63) is 59.1 Å². The molecule has 0 aliphatic rings. The molecule has 2 N–H and O–H groups in total. The van der Waals surface area contributed by atoms with Gasteiger partial charge in [0, 0.05) is 28.4 Å². The topological polar surface area (TPSA) is 58.2 Å². The minimum Gasteiger partial charge on any atom is -0.326 e. The minimum atomic E-state index is -0.252. The molecule has 0 fully saturated rings. The zero-order chi connectivity index (χ0) is 16.8. The highest BCUT2D eigenvalue weighted by molar-refractivity contribution is 6.31. The first-order chi connectivity index (χ1) is 10.9. The fourth-order valence-corrected chi connectivity index (χ4v) is 2.28. The lowest BCUT2D eigenvalue weighted by molar-refractivity contribution is -0.116. The molecule has 0 saturated heterocycles. The van der Waals surface area contributed by atoms with Crippen molar-refractivity contribution in [3.63, 3.8) is 0 Å². The van der Waals surface area contributed by atoms with Gasteiger partial charge in [-0.05, 0) is 42.3 Å². The summed E-state index contributed by atoms with van der Waals surface area (Å²) in [5.74, 6) is -0.00260. The second-order valence-electron chi connectivity index (χ2n) is 5.69. The average Bonchev–Trinajstić information content (AvgIpc) is 2.46. The second-order valence-corrected chi connectivity index (χ2v) is 6.13. The molecule has 2 amide bonds. The van der Waals surface area contributed by atoms with Crippen LogP contribution in [0.2, 0.25) is 5.02 Å². The standard InChI is InChI=1S/C18H19ClN2O2/c1-12(2)9-17(22)20-15-7-4-8-16(11-15)21-18(23)13-5-3-6-14(19)10-13/h3-8,10-12H,9H2,1-2H3,(H,20,22)(H,21,23). The van der Waals surface area contributed by atoms with Crippen LogP contribution in [-0.4, -0.2) is 11.8 Å². The molecular formula is C18H19ClN2O2. The number of halogens is 1. The van der Waals surface area contributed by atoms with E-state index in [2.05, 4.69) is 10.6 Å². The van der Waals surface area contributed by atoms with Crippen LogP contribution in [0.4, 0.5) is 11.4 Å². The maximum absolute atomic E-state index is 12.2. The molecular weight excluding hydrogens is 312 g/mol. The highest BCUT2D eigenvalue weighted by Gasteiger charge is 2.08. The first-order valence-corrected chi connectivity index (χ1v) is 7.78. The predicted octanol–water partition coefficient (Wildman–Crippen LogP) is 4.58. The van der Waals surface area contributed by atoms with Gasteiger partial charge in [-0.25, -0.2) is 0 Å². The van der Waals surface area contributed by atoms with Crippen molar-refractivity contribution in [2.45, 2.75) is 20.3 Å². The number of amides is 2. The van der Waals surface area contributed by atoms with E-state index in [1.807, 2.05) is 13.8 Å². The highest BCUT2D eigenvalue weighted by atomic mass is 35.5. The van der Waals surface area contributed by atoms with Crippen LogP contribution >= 0.6 is 11.6 Å².